The Morgan fingerprint density at radius 2 is 2.28 bits per heavy atom. The number of aromatic nitrogens is 2. The van der Waals surface area contributed by atoms with Crippen LogP contribution in [0.1, 0.15) is 0 Å². The van der Waals surface area contributed by atoms with Crippen LogP contribution in [-0.4, -0.2) is 66.1 Å². The van der Waals surface area contributed by atoms with E-state index in [9.17, 15) is 0 Å². The summed E-state index contributed by atoms with van der Waals surface area (Å²) in [5, 5.41) is 3.58. The molecule has 1 aliphatic rings. The van der Waals surface area contributed by atoms with Crippen LogP contribution in [0.5, 0.6) is 0 Å². The van der Waals surface area contributed by atoms with Gasteiger partial charge in [-0.25, -0.2) is 4.98 Å². The zero-order chi connectivity index (χ0) is 13.1. The van der Waals surface area contributed by atoms with Crippen molar-refractivity contribution in [3.8, 4) is 0 Å². The van der Waals surface area contributed by atoms with Crippen LogP contribution in [0.3, 0.4) is 0 Å². The summed E-state index contributed by atoms with van der Waals surface area (Å²) < 4.78 is 0.832. The molecule has 100 valence electrons. The second-order valence-electron chi connectivity index (χ2n) is 4.61. The third-order valence-corrected chi connectivity index (χ3v) is 3.96. The Kier molecular flexibility index (Phi) is 4.77. The molecular formula is C11H17BrClN5. The summed E-state index contributed by atoms with van der Waals surface area (Å²) >= 11 is 9.20. The summed E-state index contributed by atoms with van der Waals surface area (Å²) in [6.45, 7) is 4.11. The molecule has 18 heavy (non-hydrogen) atoms. The van der Waals surface area contributed by atoms with Gasteiger partial charge < -0.3 is 10.2 Å². The van der Waals surface area contributed by atoms with Crippen LogP contribution in [0, 0.1) is 0 Å². The molecule has 0 radical (unpaired) electrons. The van der Waals surface area contributed by atoms with Crippen LogP contribution < -0.4 is 5.32 Å². The van der Waals surface area contributed by atoms with Gasteiger partial charge in [-0.05, 0) is 41.6 Å². The Bertz CT molecular complexity index is 416. The summed E-state index contributed by atoms with van der Waals surface area (Å²) in [5.41, 5.74) is 0. The van der Waals surface area contributed by atoms with Crippen molar-refractivity contribution in [3.63, 3.8) is 0 Å². The van der Waals surface area contributed by atoms with E-state index in [2.05, 4.69) is 55.1 Å². The van der Waals surface area contributed by atoms with Crippen LogP contribution in [0.25, 0.3) is 0 Å². The summed E-state index contributed by atoms with van der Waals surface area (Å²) in [7, 11) is 4.30. The minimum Gasteiger partial charge on any atom is -0.367 e. The van der Waals surface area contributed by atoms with Crippen LogP contribution in [-0.2, 0) is 0 Å². The smallest absolute Gasteiger partial charge is 0.224 e. The molecule has 1 fully saturated rings. The van der Waals surface area contributed by atoms with Crippen molar-refractivity contribution in [3.05, 3.63) is 16.0 Å². The van der Waals surface area contributed by atoms with Crippen LogP contribution in [0.2, 0.25) is 5.28 Å². The van der Waals surface area contributed by atoms with Gasteiger partial charge in [-0.2, -0.15) is 4.98 Å². The number of rotatable bonds is 3. The summed E-state index contributed by atoms with van der Waals surface area (Å²) in [6.07, 6.45) is 1.66. The van der Waals surface area contributed by atoms with Gasteiger partial charge in [0.1, 0.15) is 5.82 Å². The first kappa shape index (κ1) is 14.0. The fraction of sp³-hybridized carbons (Fsp3) is 0.636. The lowest BCUT2D eigenvalue weighted by atomic mass is 10.2. The Labute approximate surface area is 121 Å². The monoisotopic (exact) mass is 333 g/mol. The molecule has 1 unspecified atom stereocenters. The highest BCUT2D eigenvalue weighted by atomic mass is 79.9. The molecule has 0 aromatic carbocycles. The van der Waals surface area contributed by atoms with E-state index in [1.807, 2.05) is 0 Å². The first-order chi connectivity index (χ1) is 8.56. The lowest BCUT2D eigenvalue weighted by molar-refractivity contribution is 0.122. The fourth-order valence-electron chi connectivity index (χ4n) is 2.01. The van der Waals surface area contributed by atoms with Gasteiger partial charge in [0.15, 0.2) is 0 Å². The van der Waals surface area contributed by atoms with Crippen molar-refractivity contribution in [1.29, 1.82) is 0 Å². The molecule has 2 heterocycles. The van der Waals surface area contributed by atoms with Gasteiger partial charge in [0, 0.05) is 38.4 Å². The minimum absolute atomic E-state index is 0.259. The maximum atomic E-state index is 5.79. The van der Waals surface area contributed by atoms with Gasteiger partial charge >= 0.3 is 0 Å². The van der Waals surface area contributed by atoms with E-state index in [1.165, 1.54) is 0 Å². The van der Waals surface area contributed by atoms with Crippen molar-refractivity contribution in [1.82, 2.24) is 19.8 Å². The predicted molar refractivity (Wildman–Crippen MR) is 77.1 cm³/mol. The fourth-order valence-corrected chi connectivity index (χ4v) is 2.47. The second kappa shape index (κ2) is 6.14. The third-order valence-electron chi connectivity index (χ3n) is 3.20. The molecule has 0 amide bonds. The highest BCUT2D eigenvalue weighted by molar-refractivity contribution is 9.10. The number of likely N-dealkylation sites (N-methyl/N-ethyl adjacent to an activating group) is 2. The van der Waals surface area contributed by atoms with Gasteiger partial charge in [-0.1, -0.05) is 0 Å². The van der Waals surface area contributed by atoms with Crippen molar-refractivity contribution in [2.45, 2.75) is 6.04 Å². The Morgan fingerprint density at radius 3 is 3.06 bits per heavy atom. The molecule has 0 saturated carbocycles. The van der Waals surface area contributed by atoms with Crippen LogP contribution >= 0.6 is 27.5 Å². The van der Waals surface area contributed by atoms with Crippen molar-refractivity contribution >= 4 is 33.3 Å². The van der Waals surface area contributed by atoms with Crippen molar-refractivity contribution < 1.29 is 0 Å². The van der Waals surface area contributed by atoms with E-state index in [-0.39, 0.29) is 5.28 Å². The molecule has 5 nitrogen and oxygen atoms in total. The molecule has 2 rings (SSSR count). The van der Waals surface area contributed by atoms with Gasteiger partial charge in [-0.3, -0.25) is 4.90 Å². The molecule has 0 bridgehead atoms. The average Bonchev–Trinajstić information content (AvgIpc) is 2.34. The quantitative estimate of drug-likeness (QED) is 0.850. The molecular weight excluding hydrogens is 318 g/mol. The Morgan fingerprint density at radius 1 is 1.50 bits per heavy atom. The summed E-state index contributed by atoms with van der Waals surface area (Å²) in [5.74, 6) is 0.747. The first-order valence-corrected chi connectivity index (χ1v) is 7.04. The predicted octanol–water partition coefficient (Wildman–Crippen LogP) is 1.55. The van der Waals surface area contributed by atoms with Gasteiger partial charge in [0.25, 0.3) is 0 Å². The molecule has 1 atom stereocenters. The van der Waals surface area contributed by atoms with E-state index in [0.717, 1.165) is 36.5 Å². The lowest BCUT2D eigenvalue weighted by Gasteiger charge is -2.37. The number of halogens is 2. The van der Waals surface area contributed by atoms with Crippen LogP contribution in [0.15, 0.2) is 10.7 Å². The van der Waals surface area contributed by atoms with Crippen molar-refractivity contribution in [2.24, 2.45) is 0 Å². The number of hydrogen-bond donors (Lipinski definition) is 1. The maximum Gasteiger partial charge on any atom is 0.224 e. The van der Waals surface area contributed by atoms with Gasteiger partial charge in [0.2, 0.25) is 5.28 Å². The molecule has 1 saturated heterocycles. The van der Waals surface area contributed by atoms with Crippen LogP contribution in [0.4, 0.5) is 5.82 Å². The highest BCUT2D eigenvalue weighted by Crippen LogP contribution is 2.20. The van der Waals surface area contributed by atoms with Gasteiger partial charge in [0.05, 0.1) is 4.47 Å². The maximum absolute atomic E-state index is 5.79. The highest BCUT2D eigenvalue weighted by Gasteiger charge is 2.22. The Hall–Kier alpha value is -0.430. The lowest BCUT2D eigenvalue weighted by Crippen LogP contribution is -2.52. The molecule has 7 heteroatoms. The van der Waals surface area contributed by atoms with E-state index < -0.39 is 0 Å². The SMILES string of the molecule is CN1CCN(C)C(CNc2nc(Cl)ncc2Br)C1. The van der Waals surface area contributed by atoms with Crippen molar-refractivity contribution in [2.75, 3.05) is 45.6 Å². The topological polar surface area (TPSA) is 44.3 Å². The zero-order valence-corrected chi connectivity index (χ0v) is 12.9. The number of nitrogens with zero attached hydrogens (tertiary/aromatic N) is 4. The molecule has 1 N–H and O–H groups in total. The number of nitrogens with one attached hydrogen (secondary N) is 1. The van der Waals surface area contributed by atoms with Gasteiger partial charge in [-0.15, -0.1) is 0 Å². The normalized spacial score (nSPS) is 22.1. The van der Waals surface area contributed by atoms with E-state index >= 15 is 0 Å². The standard InChI is InChI=1S/C11H17BrClN5/c1-17-3-4-18(2)8(7-17)5-14-10-9(12)6-15-11(13)16-10/h6,8H,3-5,7H2,1-2H3,(H,14,15,16). The first-order valence-electron chi connectivity index (χ1n) is 5.87. The third kappa shape index (κ3) is 3.54. The minimum atomic E-state index is 0.259. The Balaban J connectivity index is 1.96. The molecule has 1 aromatic rings. The zero-order valence-electron chi connectivity index (χ0n) is 10.5. The largest absolute Gasteiger partial charge is 0.367 e. The molecule has 1 aliphatic heterocycles. The van der Waals surface area contributed by atoms with E-state index in [1.54, 1.807) is 6.20 Å². The summed E-state index contributed by atoms with van der Waals surface area (Å²) in [4.78, 5) is 12.8. The number of hydrogen-bond acceptors (Lipinski definition) is 5. The molecule has 0 spiro atoms. The molecule has 1 aromatic heterocycles. The average molecular weight is 335 g/mol. The molecule has 0 aliphatic carbocycles. The summed E-state index contributed by atoms with van der Waals surface area (Å²) in [6, 6.07) is 0.476. The second-order valence-corrected chi connectivity index (χ2v) is 5.81. The number of piperazine rings is 1. The van der Waals surface area contributed by atoms with E-state index in [0.29, 0.717) is 6.04 Å². The number of anilines is 1. The van der Waals surface area contributed by atoms with E-state index in [4.69, 9.17) is 11.6 Å².